The Bertz CT molecular complexity index is 626. The van der Waals surface area contributed by atoms with Crippen LogP contribution in [-0.2, 0) is 6.61 Å². The van der Waals surface area contributed by atoms with Gasteiger partial charge in [-0.2, -0.15) is 5.26 Å². The molecule has 0 saturated carbocycles. The Morgan fingerprint density at radius 1 is 1.39 bits per heavy atom. The van der Waals surface area contributed by atoms with Crippen molar-refractivity contribution in [2.24, 2.45) is 0 Å². The number of benzene rings is 1. The van der Waals surface area contributed by atoms with Crippen LogP contribution in [0.3, 0.4) is 0 Å². The Morgan fingerprint density at radius 2 is 2.06 bits per heavy atom. The maximum Gasteiger partial charge on any atom is 0.347 e. The molecule has 1 aromatic heterocycles. The molecule has 1 heterocycles. The minimum absolute atomic E-state index is 0.0388. The lowest BCUT2D eigenvalue weighted by Crippen LogP contribution is -1.98. The number of hydrogen-bond donors (Lipinski definition) is 2. The molecular weight excluding hydrogens is 252 g/mol. The van der Waals surface area contributed by atoms with Gasteiger partial charge in [0.25, 0.3) is 0 Å². The zero-order valence-corrected chi connectivity index (χ0v) is 9.94. The lowest BCUT2D eigenvalue weighted by atomic mass is 10.1. The van der Waals surface area contributed by atoms with Crippen LogP contribution in [0.1, 0.15) is 20.9 Å². The Labute approximate surface area is 107 Å². The third-order valence-corrected chi connectivity index (χ3v) is 3.44. The SMILES string of the molecule is N#Cc1ccc(-c2nc(CO)c(C(=O)O)s2)cc1. The van der Waals surface area contributed by atoms with Crippen molar-refractivity contribution in [2.45, 2.75) is 6.61 Å². The van der Waals surface area contributed by atoms with Crippen LogP contribution in [0.2, 0.25) is 0 Å². The van der Waals surface area contributed by atoms with E-state index in [0.717, 1.165) is 16.9 Å². The molecule has 0 atom stereocenters. The van der Waals surface area contributed by atoms with Gasteiger partial charge in [-0.3, -0.25) is 0 Å². The average molecular weight is 260 g/mol. The van der Waals surface area contributed by atoms with Gasteiger partial charge in [0.05, 0.1) is 23.9 Å². The van der Waals surface area contributed by atoms with Crippen LogP contribution in [0.4, 0.5) is 0 Å². The molecule has 0 aliphatic rings. The van der Waals surface area contributed by atoms with E-state index in [0.29, 0.717) is 10.6 Å². The van der Waals surface area contributed by atoms with Crippen LogP contribution in [0.25, 0.3) is 10.6 Å². The monoisotopic (exact) mass is 260 g/mol. The summed E-state index contributed by atoms with van der Waals surface area (Å²) in [4.78, 5) is 15.1. The molecule has 0 radical (unpaired) electrons. The number of rotatable bonds is 3. The van der Waals surface area contributed by atoms with Crippen molar-refractivity contribution < 1.29 is 15.0 Å². The molecule has 6 heteroatoms. The highest BCUT2D eigenvalue weighted by atomic mass is 32.1. The van der Waals surface area contributed by atoms with E-state index in [4.69, 9.17) is 15.5 Å². The molecule has 5 nitrogen and oxygen atoms in total. The van der Waals surface area contributed by atoms with Gasteiger partial charge in [-0.25, -0.2) is 9.78 Å². The molecule has 0 saturated heterocycles. The number of nitriles is 1. The van der Waals surface area contributed by atoms with E-state index in [1.165, 1.54) is 0 Å². The number of carboxylic acid groups (broad SMARTS) is 1. The molecule has 0 bridgehead atoms. The van der Waals surface area contributed by atoms with Crippen LogP contribution >= 0.6 is 11.3 Å². The van der Waals surface area contributed by atoms with Crippen molar-refractivity contribution in [1.82, 2.24) is 4.98 Å². The van der Waals surface area contributed by atoms with Gasteiger partial charge in [-0.05, 0) is 12.1 Å². The van der Waals surface area contributed by atoms with E-state index in [2.05, 4.69) is 4.98 Å². The van der Waals surface area contributed by atoms with Gasteiger partial charge in [0.2, 0.25) is 0 Å². The highest BCUT2D eigenvalue weighted by Gasteiger charge is 2.17. The number of carbonyl (C=O) groups is 1. The Hall–Kier alpha value is -2.23. The molecule has 2 N–H and O–H groups in total. The first-order valence-electron chi connectivity index (χ1n) is 5.00. The zero-order chi connectivity index (χ0) is 13.1. The molecular formula is C12H8N2O3S. The predicted octanol–water partition coefficient (Wildman–Crippen LogP) is 1.87. The quantitative estimate of drug-likeness (QED) is 0.878. The summed E-state index contributed by atoms with van der Waals surface area (Å²) in [5.74, 6) is -1.10. The molecule has 2 aromatic rings. The lowest BCUT2D eigenvalue weighted by molar-refractivity contribution is 0.0698. The smallest absolute Gasteiger partial charge is 0.347 e. The molecule has 1 aromatic carbocycles. The summed E-state index contributed by atoms with van der Waals surface area (Å²) in [5.41, 5.74) is 1.41. The molecule has 0 unspecified atom stereocenters. The summed E-state index contributed by atoms with van der Waals surface area (Å²) in [6.07, 6.45) is 0. The third kappa shape index (κ3) is 2.22. The summed E-state index contributed by atoms with van der Waals surface area (Å²) in [7, 11) is 0. The highest BCUT2D eigenvalue weighted by molar-refractivity contribution is 7.17. The molecule has 90 valence electrons. The van der Waals surface area contributed by atoms with Gasteiger partial charge in [-0.1, -0.05) is 12.1 Å². The zero-order valence-electron chi connectivity index (χ0n) is 9.12. The second-order valence-corrected chi connectivity index (χ2v) is 4.45. The van der Waals surface area contributed by atoms with Crippen LogP contribution in [0, 0.1) is 11.3 Å². The van der Waals surface area contributed by atoms with Crippen molar-refractivity contribution in [3.05, 3.63) is 40.4 Å². The lowest BCUT2D eigenvalue weighted by Gasteiger charge is -1.95. The molecule has 0 spiro atoms. The fourth-order valence-corrected chi connectivity index (χ4v) is 2.36. The maximum atomic E-state index is 10.9. The summed E-state index contributed by atoms with van der Waals surface area (Å²) < 4.78 is 0. The van der Waals surface area contributed by atoms with E-state index >= 15 is 0 Å². The topological polar surface area (TPSA) is 94.2 Å². The summed E-state index contributed by atoms with van der Waals surface area (Å²) in [5, 5.41) is 27.2. The number of thiazole rings is 1. The molecule has 18 heavy (non-hydrogen) atoms. The van der Waals surface area contributed by atoms with E-state index < -0.39 is 12.6 Å². The van der Waals surface area contributed by atoms with Gasteiger partial charge in [0.1, 0.15) is 9.88 Å². The number of aliphatic hydroxyl groups excluding tert-OH is 1. The van der Waals surface area contributed by atoms with Gasteiger partial charge in [-0.15, -0.1) is 11.3 Å². The summed E-state index contributed by atoms with van der Waals surface area (Å²) in [6, 6.07) is 8.67. The first-order valence-corrected chi connectivity index (χ1v) is 5.81. The Kier molecular flexibility index (Phi) is 3.37. The van der Waals surface area contributed by atoms with Gasteiger partial charge in [0.15, 0.2) is 0 Å². The van der Waals surface area contributed by atoms with Crippen LogP contribution in [0.15, 0.2) is 24.3 Å². The second kappa shape index (κ2) is 4.96. The number of aliphatic hydroxyl groups is 1. The van der Waals surface area contributed by atoms with Crippen LogP contribution in [0.5, 0.6) is 0 Å². The number of aromatic carboxylic acids is 1. The van der Waals surface area contributed by atoms with Gasteiger partial charge >= 0.3 is 5.97 Å². The number of carboxylic acids is 1. The fourth-order valence-electron chi connectivity index (χ4n) is 1.44. The van der Waals surface area contributed by atoms with Gasteiger partial charge < -0.3 is 10.2 Å². The minimum Gasteiger partial charge on any atom is -0.477 e. The molecule has 2 rings (SSSR count). The van der Waals surface area contributed by atoms with Crippen molar-refractivity contribution in [3.63, 3.8) is 0 Å². The number of hydrogen-bond acceptors (Lipinski definition) is 5. The standard InChI is InChI=1S/C12H8N2O3S/c13-5-7-1-3-8(4-2-7)11-14-9(6-15)10(18-11)12(16)17/h1-4,15H,6H2,(H,16,17). The first kappa shape index (κ1) is 12.2. The molecule has 0 aliphatic heterocycles. The van der Waals surface area contributed by atoms with Crippen molar-refractivity contribution >= 4 is 17.3 Å². The second-order valence-electron chi connectivity index (χ2n) is 3.45. The minimum atomic E-state index is -1.10. The molecule has 0 fully saturated rings. The predicted molar refractivity (Wildman–Crippen MR) is 65.1 cm³/mol. The van der Waals surface area contributed by atoms with Crippen molar-refractivity contribution in [1.29, 1.82) is 5.26 Å². The maximum absolute atomic E-state index is 10.9. The van der Waals surface area contributed by atoms with Crippen molar-refractivity contribution in [2.75, 3.05) is 0 Å². The van der Waals surface area contributed by atoms with Crippen LogP contribution in [-0.4, -0.2) is 21.2 Å². The molecule has 0 aliphatic carbocycles. The fraction of sp³-hybridized carbons (Fsp3) is 0.0833. The van der Waals surface area contributed by atoms with E-state index in [1.807, 2.05) is 6.07 Å². The first-order chi connectivity index (χ1) is 8.65. The number of aromatic nitrogens is 1. The molecule has 0 amide bonds. The van der Waals surface area contributed by atoms with Crippen LogP contribution < -0.4 is 0 Å². The summed E-state index contributed by atoms with van der Waals surface area (Å²) in [6.45, 7) is -0.408. The Morgan fingerprint density at radius 3 is 2.50 bits per heavy atom. The van der Waals surface area contributed by atoms with E-state index in [9.17, 15) is 4.79 Å². The average Bonchev–Trinajstić information content (AvgIpc) is 2.83. The van der Waals surface area contributed by atoms with Gasteiger partial charge in [0, 0.05) is 5.56 Å². The normalized spacial score (nSPS) is 10.0. The highest BCUT2D eigenvalue weighted by Crippen LogP contribution is 2.28. The Balaban J connectivity index is 2.44. The summed E-state index contributed by atoms with van der Waals surface area (Å²) >= 11 is 1.01. The van der Waals surface area contributed by atoms with E-state index in [1.54, 1.807) is 24.3 Å². The number of nitrogens with zero attached hydrogens (tertiary/aromatic N) is 2. The third-order valence-electron chi connectivity index (χ3n) is 2.30. The largest absolute Gasteiger partial charge is 0.477 e. The van der Waals surface area contributed by atoms with Crippen molar-refractivity contribution in [3.8, 4) is 16.6 Å². The van der Waals surface area contributed by atoms with E-state index in [-0.39, 0.29) is 10.6 Å².